The molecular formula is C20H30F3N5O. The SMILES string of the molecule is CN=C(NCCCCN1CCC(C(N)=O)CC1)NCc1cccc(C(F)(F)F)c1. The number of nitrogens with zero attached hydrogens (tertiary/aromatic N) is 2. The molecule has 2 rings (SSSR count). The van der Waals surface area contributed by atoms with Crippen LogP contribution in [0.2, 0.25) is 0 Å². The lowest BCUT2D eigenvalue weighted by molar-refractivity contribution is -0.137. The number of rotatable bonds is 8. The van der Waals surface area contributed by atoms with Gasteiger partial charge in [0.05, 0.1) is 5.56 Å². The van der Waals surface area contributed by atoms with Gasteiger partial charge in [0.1, 0.15) is 0 Å². The van der Waals surface area contributed by atoms with Crippen LogP contribution >= 0.6 is 0 Å². The maximum absolute atomic E-state index is 12.8. The molecule has 4 N–H and O–H groups in total. The fraction of sp³-hybridized carbons (Fsp3) is 0.600. The summed E-state index contributed by atoms with van der Waals surface area (Å²) in [5, 5.41) is 6.22. The molecule has 0 bridgehead atoms. The highest BCUT2D eigenvalue weighted by Crippen LogP contribution is 2.29. The van der Waals surface area contributed by atoms with E-state index in [1.807, 2.05) is 0 Å². The Kier molecular flexibility index (Phi) is 8.75. The molecule has 0 aliphatic carbocycles. The van der Waals surface area contributed by atoms with Gasteiger partial charge in [0.25, 0.3) is 0 Å². The van der Waals surface area contributed by atoms with Crippen molar-refractivity contribution in [2.45, 2.75) is 38.4 Å². The number of primary amides is 1. The third kappa shape index (κ3) is 7.92. The summed E-state index contributed by atoms with van der Waals surface area (Å²) < 4.78 is 38.3. The number of halogens is 3. The first-order valence-corrected chi connectivity index (χ1v) is 9.92. The Labute approximate surface area is 169 Å². The van der Waals surface area contributed by atoms with E-state index in [2.05, 4.69) is 20.5 Å². The summed E-state index contributed by atoms with van der Waals surface area (Å²) in [7, 11) is 1.63. The summed E-state index contributed by atoms with van der Waals surface area (Å²) in [5.74, 6) is 0.377. The minimum absolute atomic E-state index is 0.0131. The zero-order valence-electron chi connectivity index (χ0n) is 16.8. The van der Waals surface area contributed by atoms with Crippen LogP contribution in [0.4, 0.5) is 13.2 Å². The van der Waals surface area contributed by atoms with Gasteiger partial charge in [-0.05, 0) is 63.0 Å². The van der Waals surface area contributed by atoms with Crippen molar-refractivity contribution in [2.24, 2.45) is 16.6 Å². The van der Waals surface area contributed by atoms with Gasteiger partial charge in [-0.15, -0.1) is 0 Å². The monoisotopic (exact) mass is 413 g/mol. The molecule has 162 valence electrons. The van der Waals surface area contributed by atoms with Crippen LogP contribution in [0.3, 0.4) is 0 Å². The summed E-state index contributed by atoms with van der Waals surface area (Å²) in [4.78, 5) is 17.6. The number of aliphatic imine (C=N–C) groups is 1. The summed E-state index contributed by atoms with van der Waals surface area (Å²) in [6.45, 7) is 3.77. The van der Waals surface area contributed by atoms with Crippen LogP contribution in [0.1, 0.15) is 36.8 Å². The van der Waals surface area contributed by atoms with Gasteiger partial charge in [0.15, 0.2) is 5.96 Å². The van der Waals surface area contributed by atoms with E-state index < -0.39 is 11.7 Å². The average Bonchev–Trinajstić information content (AvgIpc) is 2.70. The summed E-state index contributed by atoms with van der Waals surface area (Å²) in [5.41, 5.74) is 5.24. The van der Waals surface area contributed by atoms with Gasteiger partial charge in [0.2, 0.25) is 5.91 Å². The largest absolute Gasteiger partial charge is 0.416 e. The third-order valence-electron chi connectivity index (χ3n) is 5.12. The van der Waals surface area contributed by atoms with Crippen LogP contribution in [0.5, 0.6) is 0 Å². The van der Waals surface area contributed by atoms with Crippen molar-refractivity contribution >= 4 is 11.9 Å². The van der Waals surface area contributed by atoms with E-state index in [0.717, 1.165) is 64.0 Å². The van der Waals surface area contributed by atoms with E-state index in [4.69, 9.17) is 5.73 Å². The average molecular weight is 413 g/mol. The van der Waals surface area contributed by atoms with E-state index in [1.54, 1.807) is 13.1 Å². The molecule has 1 aliphatic rings. The van der Waals surface area contributed by atoms with E-state index in [-0.39, 0.29) is 18.4 Å². The Morgan fingerprint density at radius 3 is 2.59 bits per heavy atom. The van der Waals surface area contributed by atoms with Crippen molar-refractivity contribution in [3.63, 3.8) is 0 Å². The molecule has 9 heteroatoms. The van der Waals surface area contributed by atoms with Gasteiger partial charge in [-0.25, -0.2) is 0 Å². The maximum atomic E-state index is 12.8. The van der Waals surface area contributed by atoms with Gasteiger partial charge < -0.3 is 21.3 Å². The first kappa shape index (κ1) is 23.0. The Morgan fingerprint density at radius 2 is 1.97 bits per heavy atom. The highest BCUT2D eigenvalue weighted by atomic mass is 19.4. The number of guanidine groups is 1. The van der Waals surface area contributed by atoms with Crippen LogP contribution in [0, 0.1) is 5.92 Å². The molecule has 1 amide bonds. The normalized spacial score (nSPS) is 16.6. The molecule has 1 aromatic rings. The summed E-state index contributed by atoms with van der Waals surface area (Å²) in [6.07, 6.45) is -0.719. The molecule has 0 saturated carbocycles. The van der Waals surface area contributed by atoms with Crippen LogP contribution in [-0.2, 0) is 17.5 Å². The molecule has 0 spiro atoms. The lowest BCUT2D eigenvalue weighted by Gasteiger charge is -2.30. The van der Waals surface area contributed by atoms with Crippen molar-refractivity contribution in [1.29, 1.82) is 0 Å². The Bertz CT molecular complexity index is 685. The Morgan fingerprint density at radius 1 is 1.24 bits per heavy atom. The molecule has 6 nitrogen and oxygen atoms in total. The van der Waals surface area contributed by atoms with Crippen molar-refractivity contribution in [2.75, 3.05) is 33.2 Å². The maximum Gasteiger partial charge on any atom is 0.416 e. The number of carbonyl (C=O) groups excluding carboxylic acids is 1. The highest BCUT2D eigenvalue weighted by Gasteiger charge is 2.30. The molecule has 29 heavy (non-hydrogen) atoms. The quantitative estimate of drug-likeness (QED) is 0.347. The predicted octanol–water partition coefficient (Wildman–Crippen LogP) is 2.35. The molecule has 0 atom stereocenters. The van der Waals surface area contributed by atoms with E-state index >= 15 is 0 Å². The third-order valence-corrected chi connectivity index (χ3v) is 5.12. The van der Waals surface area contributed by atoms with Gasteiger partial charge in [-0.1, -0.05) is 12.1 Å². The lowest BCUT2D eigenvalue weighted by atomic mass is 9.96. The van der Waals surface area contributed by atoms with Gasteiger partial charge >= 0.3 is 6.18 Å². The molecule has 1 saturated heterocycles. The number of carbonyl (C=O) groups is 1. The fourth-order valence-corrected chi connectivity index (χ4v) is 3.37. The zero-order valence-corrected chi connectivity index (χ0v) is 16.8. The minimum Gasteiger partial charge on any atom is -0.369 e. The van der Waals surface area contributed by atoms with Gasteiger partial charge in [0, 0.05) is 26.1 Å². The number of nitrogens with two attached hydrogens (primary N) is 1. The second-order valence-electron chi connectivity index (χ2n) is 7.28. The first-order chi connectivity index (χ1) is 13.8. The number of hydrogen-bond donors (Lipinski definition) is 3. The van der Waals surface area contributed by atoms with E-state index in [0.29, 0.717) is 11.5 Å². The fourth-order valence-electron chi connectivity index (χ4n) is 3.37. The van der Waals surface area contributed by atoms with Crippen molar-refractivity contribution in [3.8, 4) is 0 Å². The molecule has 0 aromatic heterocycles. The number of likely N-dealkylation sites (tertiary alicyclic amines) is 1. The number of nitrogens with one attached hydrogen (secondary N) is 2. The number of unbranched alkanes of at least 4 members (excludes halogenated alkanes) is 1. The molecule has 1 fully saturated rings. The summed E-state index contributed by atoms with van der Waals surface area (Å²) in [6, 6.07) is 5.26. The molecule has 1 aromatic carbocycles. The van der Waals surface area contributed by atoms with Crippen LogP contribution < -0.4 is 16.4 Å². The first-order valence-electron chi connectivity index (χ1n) is 9.92. The number of amides is 1. The smallest absolute Gasteiger partial charge is 0.369 e. The molecule has 0 unspecified atom stereocenters. The predicted molar refractivity (Wildman–Crippen MR) is 107 cm³/mol. The van der Waals surface area contributed by atoms with E-state index in [1.165, 1.54) is 6.07 Å². The Hall–Kier alpha value is -2.29. The lowest BCUT2D eigenvalue weighted by Crippen LogP contribution is -2.39. The van der Waals surface area contributed by atoms with Crippen molar-refractivity contribution < 1.29 is 18.0 Å². The number of alkyl halides is 3. The van der Waals surface area contributed by atoms with Gasteiger partial charge in [-0.2, -0.15) is 13.2 Å². The Balaban J connectivity index is 1.63. The molecule has 1 aliphatic heterocycles. The summed E-state index contributed by atoms with van der Waals surface area (Å²) >= 11 is 0. The topological polar surface area (TPSA) is 82.8 Å². The molecular weight excluding hydrogens is 383 g/mol. The highest BCUT2D eigenvalue weighted by molar-refractivity contribution is 5.79. The van der Waals surface area contributed by atoms with Crippen LogP contribution in [0.15, 0.2) is 29.3 Å². The molecule has 0 radical (unpaired) electrons. The number of benzene rings is 1. The zero-order chi connectivity index (χ0) is 21.3. The van der Waals surface area contributed by atoms with Crippen molar-refractivity contribution in [1.82, 2.24) is 15.5 Å². The molecule has 1 heterocycles. The van der Waals surface area contributed by atoms with Gasteiger partial charge in [-0.3, -0.25) is 9.79 Å². The second-order valence-corrected chi connectivity index (χ2v) is 7.28. The minimum atomic E-state index is -4.34. The second kappa shape index (κ2) is 11.0. The van der Waals surface area contributed by atoms with Crippen LogP contribution in [-0.4, -0.2) is 50.0 Å². The number of piperidine rings is 1. The standard InChI is InChI=1S/C20H30F3N5O/c1-25-19(27-14-15-5-4-6-17(13-15)20(21,22)23)26-9-2-3-10-28-11-7-16(8-12-28)18(24)29/h4-6,13,16H,2-3,7-12,14H2,1H3,(H2,24,29)(H2,25,26,27). The number of hydrogen-bond acceptors (Lipinski definition) is 3. The van der Waals surface area contributed by atoms with Crippen molar-refractivity contribution in [3.05, 3.63) is 35.4 Å². The van der Waals surface area contributed by atoms with Crippen LogP contribution in [0.25, 0.3) is 0 Å². The van der Waals surface area contributed by atoms with E-state index in [9.17, 15) is 18.0 Å².